The van der Waals surface area contributed by atoms with Crippen molar-refractivity contribution in [2.24, 2.45) is 0 Å². The number of halogens is 2. The Morgan fingerprint density at radius 1 is 1.22 bits per heavy atom. The number of nitrogens with zero attached hydrogens (tertiary/aromatic N) is 2. The fourth-order valence-electron chi connectivity index (χ4n) is 1.46. The standard InChI is InChI=1S/C10H11Cl2N3O2S/c11-6-5-7(12)9-10(15-18-14-9)8(6)13-1-3-17-4-2-16/h5,13,16H,1-4H2. The molecule has 0 bridgehead atoms. The summed E-state index contributed by atoms with van der Waals surface area (Å²) in [5, 5.41) is 12.7. The first-order valence-corrected chi connectivity index (χ1v) is 6.75. The molecule has 0 radical (unpaired) electrons. The lowest BCUT2D eigenvalue weighted by atomic mass is 10.2. The Bertz CT molecular complexity index is 535. The number of anilines is 1. The number of fused-ring (bicyclic) bond motifs is 1. The fraction of sp³-hybridized carbons (Fsp3) is 0.400. The summed E-state index contributed by atoms with van der Waals surface area (Å²) < 4.78 is 13.4. The maximum atomic E-state index is 8.57. The van der Waals surface area contributed by atoms with Crippen LogP contribution in [0.4, 0.5) is 5.69 Å². The summed E-state index contributed by atoms with van der Waals surface area (Å²) >= 11 is 13.2. The third-order valence-electron chi connectivity index (χ3n) is 2.23. The van der Waals surface area contributed by atoms with E-state index in [0.717, 1.165) is 11.7 Å². The minimum Gasteiger partial charge on any atom is -0.394 e. The van der Waals surface area contributed by atoms with Crippen molar-refractivity contribution in [1.82, 2.24) is 8.75 Å². The van der Waals surface area contributed by atoms with E-state index in [4.69, 9.17) is 33.0 Å². The SMILES string of the molecule is OCCOCCNc1c(Cl)cc(Cl)c2nsnc12. The molecule has 0 fully saturated rings. The lowest BCUT2D eigenvalue weighted by molar-refractivity contribution is 0.0992. The third-order valence-corrected chi connectivity index (χ3v) is 3.34. The maximum Gasteiger partial charge on any atom is 0.130 e. The topological polar surface area (TPSA) is 67.3 Å². The van der Waals surface area contributed by atoms with E-state index in [1.165, 1.54) is 0 Å². The molecule has 2 rings (SSSR count). The number of ether oxygens (including phenoxy) is 1. The normalized spacial score (nSPS) is 11.1. The molecule has 2 N–H and O–H groups in total. The molecule has 0 aliphatic carbocycles. The molecule has 1 aromatic carbocycles. The molecule has 0 saturated heterocycles. The molecule has 0 atom stereocenters. The molecular formula is C10H11Cl2N3O2S. The molecular weight excluding hydrogens is 297 g/mol. The molecule has 98 valence electrons. The number of aliphatic hydroxyl groups excluding tert-OH is 1. The number of aromatic nitrogens is 2. The van der Waals surface area contributed by atoms with E-state index in [0.29, 0.717) is 46.5 Å². The first-order chi connectivity index (χ1) is 8.74. The predicted molar refractivity (Wildman–Crippen MR) is 73.8 cm³/mol. The van der Waals surface area contributed by atoms with E-state index >= 15 is 0 Å². The summed E-state index contributed by atoms with van der Waals surface area (Å²) in [7, 11) is 0. The molecule has 1 aromatic heterocycles. The van der Waals surface area contributed by atoms with Crippen molar-refractivity contribution in [3.8, 4) is 0 Å². The zero-order chi connectivity index (χ0) is 13.0. The molecule has 5 nitrogen and oxygen atoms in total. The van der Waals surface area contributed by atoms with Crippen LogP contribution < -0.4 is 5.32 Å². The third kappa shape index (κ3) is 3.02. The minimum absolute atomic E-state index is 0.0158. The molecule has 0 aliphatic rings. The first-order valence-electron chi connectivity index (χ1n) is 5.26. The highest BCUT2D eigenvalue weighted by Gasteiger charge is 2.13. The van der Waals surface area contributed by atoms with E-state index in [9.17, 15) is 0 Å². The van der Waals surface area contributed by atoms with E-state index in [1.807, 2.05) is 0 Å². The van der Waals surface area contributed by atoms with Crippen LogP contribution in [0.15, 0.2) is 6.07 Å². The van der Waals surface area contributed by atoms with Crippen LogP contribution in [0.25, 0.3) is 11.0 Å². The van der Waals surface area contributed by atoms with E-state index in [2.05, 4.69) is 14.1 Å². The lowest BCUT2D eigenvalue weighted by Crippen LogP contribution is -2.11. The van der Waals surface area contributed by atoms with E-state index < -0.39 is 0 Å². The zero-order valence-electron chi connectivity index (χ0n) is 9.32. The monoisotopic (exact) mass is 307 g/mol. The van der Waals surface area contributed by atoms with Crippen molar-refractivity contribution in [3.63, 3.8) is 0 Å². The molecule has 1 heterocycles. The Kier molecular flexibility index (Phi) is 4.96. The number of hydrogen-bond donors (Lipinski definition) is 2. The van der Waals surface area contributed by atoms with Gasteiger partial charge < -0.3 is 15.2 Å². The number of hydrogen-bond acceptors (Lipinski definition) is 6. The first kappa shape index (κ1) is 13.8. The van der Waals surface area contributed by atoms with Gasteiger partial charge in [-0.05, 0) is 6.07 Å². The van der Waals surface area contributed by atoms with E-state index in [1.54, 1.807) is 6.07 Å². The number of benzene rings is 1. The Hall–Kier alpha value is -0.660. The van der Waals surface area contributed by atoms with Gasteiger partial charge in [-0.15, -0.1) is 0 Å². The van der Waals surface area contributed by atoms with Crippen LogP contribution in [-0.2, 0) is 4.74 Å². The summed E-state index contributed by atoms with van der Waals surface area (Å²) in [4.78, 5) is 0. The zero-order valence-corrected chi connectivity index (χ0v) is 11.6. The highest BCUT2D eigenvalue weighted by atomic mass is 35.5. The van der Waals surface area contributed by atoms with Gasteiger partial charge in [0.25, 0.3) is 0 Å². The van der Waals surface area contributed by atoms with Gasteiger partial charge in [-0.3, -0.25) is 0 Å². The van der Waals surface area contributed by atoms with Crippen LogP contribution in [0.3, 0.4) is 0 Å². The average Bonchev–Trinajstić information content (AvgIpc) is 2.82. The van der Waals surface area contributed by atoms with Crippen molar-refractivity contribution >= 4 is 51.7 Å². The van der Waals surface area contributed by atoms with E-state index in [-0.39, 0.29) is 6.61 Å². The summed E-state index contributed by atoms with van der Waals surface area (Å²) in [6.07, 6.45) is 0. The van der Waals surface area contributed by atoms with Gasteiger partial charge in [-0.2, -0.15) is 8.75 Å². The van der Waals surface area contributed by atoms with Crippen LogP contribution in [0.2, 0.25) is 10.0 Å². The minimum atomic E-state index is 0.0158. The van der Waals surface area contributed by atoms with Gasteiger partial charge in [-0.1, -0.05) is 23.2 Å². The van der Waals surface area contributed by atoms with Crippen LogP contribution in [-0.4, -0.2) is 40.2 Å². The van der Waals surface area contributed by atoms with Gasteiger partial charge in [0.1, 0.15) is 11.0 Å². The molecule has 0 unspecified atom stereocenters. The number of nitrogens with one attached hydrogen (secondary N) is 1. The maximum absolute atomic E-state index is 8.57. The van der Waals surface area contributed by atoms with Gasteiger partial charge in [-0.25, -0.2) is 0 Å². The Morgan fingerprint density at radius 3 is 2.78 bits per heavy atom. The van der Waals surface area contributed by atoms with Crippen LogP contribution in [0.5, 0.6) is 0 Å². The molecule has 0 aliphatic heterocycles. The Morgan fingerprint density at radius 2 is 2.00 bits per heavy atom. The second kappa shape index (κ2) is 6.49. The van der Waals surface area contributed by atoms with Crippen LogP contribution >= 0.6 is 34.9 Å². The summed E-state index contributed by atoms with van der Waals surface area (Å²) in [5.74, 6) is 0. The molecule has 0 spiro atoms. The highest BCUT2D eigenvalue weighted by molar-refractivity contribution is 7.00. The van der Waals surface area contributed by atoms with Gasteiger partial charge in [0.2, 0.25) is 0 Å². The van der Waals surface area contributed by atoms with Crippen molar-refractivity contribution in [2.75, 3.05) is 31.7 Å². The lowest BCUT2D eigenvalue weighted by Gasteiger charge is -2.09. The van der Waals surface area contributed by atoms with Gasteiger partial charge in [0, 0.05) is 6.54 Å². The molecule has 2 aromatic rings. The Balaban J connectivity index is 2.10. The fourth-order valence-corrected chi connectivity index (χ4v) is 2.64. The van der Waals surface area contributed by atoms with Gasteiger partial charge in [0.05, 0.1) is 47.3 Å². The number of aliphatic hydroxyl groups is 1. The van der Waals surface area contributed by atoms with Crippen molar-refractivity contribution < 1.29 is 9.84 Å². The van der Waals surface area contributed by atoms with Crippen molar-refractivity contribution in [3.05, 3.63) is 16.1 Å². The number of rotatable bonds is 6. The average molecular weight is 308 g/mol. The van der Waals surface area contributed by atoms with Gasteiger partial charge >= 0.3 is 0 Å². The largest absolute Gasteiger partial charge is 0.394 e. The predicted octanol–water partition coefficient (Wildman–Crippen LogP) is 2.42. The Labute approximate surface area is 118 Å². The molecule has 0 amide bonds. The second-order valence-electron chi connectivity index (χ2n) is 3.44. The molecule has 18 heavy (non-hydrogen) atoms. The van der Waals surface area contributed by atoms with Gasteiger partial charge in [0.15, 0.2) is 0 Å². The van der Waals surface area contributed by atoms with Crippen molar-refractivity contribution in [1.29, 1.82) is 0 Å². The van der Waals surface area contributed by atoms with Crippen LogP contribution in [0.1, 0.15) is 0 Å². The second-order valence-corrected chi connectivity index (χ2v) is 4.78. The molecule has 0 saturated carbocycles. The highest BCUT2D eigenvalue weighted by Crippen LogP contribution is 2.34. The summed E-state index contributed by atoms with van der Waals surface area (Å²) in [6, 6.07) is 1.64. The van der Waals surface area contributed by atoms with Crippen molar-refractivity contribution in [2.45, 2.75) is 0 Å². The summed E-state index contributed by atoms with van der Waals surface area (Å²) in [6.45, 7) is 1.37. The smallest absolute Gasteiger partial charge is 0.130 e. The quantitative estimate of drug-likeness (QED) is 0.802. The summed E-state index contributed by atoms with van der Waals surface area (Å²) in [5.41, 5.74) is 2.02. The molecule has 8 heteroatoms. The van der Waals surface area contributed by atoms with Crippen LogP contribution in [0, 0.1) is 0 Å².